The molecule has 1 aromatic heterocycles. The summed E-state index contributed by atoms with van der Waals surface area (Å²) >= 11 is 0. The van der Waals surface area contributed by atoms with Gasteiger partial charge < -0.3 is 10.3 Å². The lowest BCUT2D eigenvalue weighted by Crippen LogP contribution is -2.21. The number of nitrogens with two attached hydrogens (primary N) is 1. The lowest BCUT2D eigenvalue weighted by molar-refractivity contribution is 0.661. The molecule has 13 heavy (non-hydrogen) atoms. The van der Waals surface area contributed by atoms with Crippen LogP contribution in [0.5, 0.6) is 0 Å². The lowest BCUT2D eigenvalue weighted by Gasteiger charge is -2.03. The minimum atomic E-state index is -0.0492. The Bertz CT molecular complexity index is 361. The first-order chi connectivity index (χ1) is 5.70. The summed E-state index contributed by atoms with van der Waals surface area (Å²) in [7, 11) is 0. The number of hydrogen-bond acceptors (Lipinski definition) is 2. The molecule has 2 N–H and O–H groups in total. The molecule has 0 aliphatic heterocycles. The Labute approximate surface area is 83.0 Å². The third kappa shape index (κ3) is 1.70. The lowest BCUT2D eigenvalue weighted by atomic mass is 10.4. The van der Waals surface area contributed by atoms with E-state index in [1.807, 2.05) is 12.3 Å². The van der Waals surface area contributed by atoms with Crippen LogP contribution in [0.15, 0.2) is 23.1 Å². The van der Waals surface area contributed by atoms with Crippen LogP contribution in [0.25, 0.3) is 0 Å². The third-order valence-electron chi connectivity index (χ3n) is 2.43. The fourth-order valence-electron chi connectivity index (χ4n) is 1.48. The zero-order valence-corrected chi connectivity index (χ0v) is 8.25. The number of aromatic nitrogens is 1. The Kier molecular flexibility index (Phi) is 2.66. The van der Waals surface area contributed by atoms with Gasteiger partial charge in [0.15, 0.2) is 0 Å². The average Bonchev–Trinajstić information content (AvgIpc) is 2.73. The molecule has 4 heteroatoms. The first kappa shape index (κ1) is 10.1. The second kappa shape index (κ2) is 3.42. The van der Waals surface area contributed by atoms with E-state index in [2.05, 4.69) is 6.92 Å². The number of hydrogen-bond donors (Lipinski definition) is 1. The molecular weight excluding hydrogens is 188 g/mol. The molecule has 0 aromatic carbocycles. The van der Waals surface area contributed by atoms with E-state index in [0.29, 0.717) is 17.6 Å². The maximum atomic E-state index is 11.4. The molecule has 1 aliphatic carbocycles. The highest BCUT2D eigenvalue weighted by atomic mass is 35.5. The smallest absolute Gasteiger partial charge is 0.273 e. The van der Waals surface area contributed by atoms with Crippen molar-refractivity contribution < 1.29 is 0 Å². The van der Waals surface area contributed by atoms with Gasteiger partial charge in [-0.2, -0.15) is 0 Å². The Morgan fingerprint density at radius 3 is 2.77 bits per heavy atom. The summed E-state index contributed by atoms with van der Waals surface area (Å²) < 4.78 is 1.74. The van der Waals surface area contributed by atoms with Crippen molar-refractivity contribution in [3.63, 3.8) is 0 Å². The van der Waals surface area contributed by atoms with Gasteiger partial charge in [0.2, 0.25) is 0 Å². The Balaban J connectivity index is 0.000000845. The molecule has 1 saturated carbocycles. The summed E-state index contributed by atoms with van der Waals surface area (Å²) in [6.45, 7) is 2.14. The molecule has 0 unspecified atom stereocenters. The fourth-order valence-corrected chi connectivity index (χ4v) is 1.48. The van der Waals surface area contributed by atoms with Crippen LogP contribution in [0.1, 0.15) is 19.4 Å². The first-order valence-corrected chi connectivity index (χ1v) is 4.17. The Hall–Kier alpha value is -0.960. The number of anilines is 1. The van der Waals surface area contributed by atoms with Crippen LogP contribution >= 0.6 is 12.4 Å². The maximum Gasteiger partial charge on any atom is 0.273 e. The largest absolute Gasteiger partial charge is 0.394 e. The van der Waals surface area contributed by atoms with Crippen molar-refractivity contribution in [1.29, 1.82) is 0 Å². The summed E-state index contributed by atoms with van der Waals surface area (Å²) in [5.74, 6) is 0.629. The zero-order valence-electron chi connectivity index (χ0n) is 7.43. The van der Waals surface area contributed by atoms with E-state index >= 15 is 0 Å². The Morgan fingerprint density at radius 1 is 1.62 bits per heavy atom. The van der Waals surface area contributed by atoms with Gasteiger partial charge >= 0.3 is 0 Å². The highest BCUT2D eigenvalue weighted by Crippen LogP contribution is 2.41. The second-order valence-electron chi connectivity index (χ2n) is 3.46. The molecule has 72 valence electrons. The minimum Gasteiger partial charge on any atom is -0.394 e. The molecule has 1 fully saturated rings. The molecule has 0 amide bonds. The van der Waals surface area contributed by atoms with E-state index in [1.54, 1.807) is 10.6 Å². The Morgan fingerprint density at radius 2 is 2.23 bits per heavy atom. The monoisotopic (exact) mass is 200 g/mol. The average molecular weight is 201 g/mol. The van der Waals surface area contributed by atoms with Gasteiger partial charge in [0, 0.05) is 12.2 Å². The highest BCUT2D eigenvalue weighted by molar-refractivity contribution is 5.85. The molecule has 1 aromatic rings. The van der Waals surface area contributed by atoms with Crippen molar-refractivity contribution in [2.45, 2.75) is 19.4 Å². The van der Waals surface area contributed by atoms with E-state index in [9.17, 15) is 4.79 Å². The van der Waals surface area contributed by atoms with E-state index in [0.717, 1.165) is 6.42 Å². The van der Waals surface area contributed by atoms with E-state index in [1.165, 1.54) is 0 Å². The highest BCUT2D eigenvalue weighted by Gasteiger charge is 2.34. The normalized spacial score (nSPS) is 25.0. The number of rotatable bonds is 1. The first-order valence-electron chi connectivity index (χ1n) is 4.17. The SMILES string of the molecule is C[C@@H]1C[C@H]1n1cccc(N)c1=O.Cl. The van der Waals surface area contributed by atoms with E-state index in [-0.39, 0.29) is 18.0 Å². The number of nitrogens with zero attached hydrogens (tertiary/aromatic N) is 1. The van der Waals surface area contributed by atoms with Gasteiger partial charge in [0.1, 0.15) is 0 Å². The van der Waals surface area contributed by atoms with Gasteiger partial charge in [-0.25, -0.2) is 0 Å². The molecule has 0 bridgehead atoms. The van der Waals surface area contributed by atoms with Crippen molar-refractivity contribution >= 4 is 18.1 Å². The van der Waals surface area contributed by atoms with Crippen molar-refractivity contribution in [1.82, 2.24) is 4.57 Å². The van der Waals surface area contributed by atoms with Gasteiger partial charge in [0.05, 0.1) is 5.69 Å². The molecule has 1 aliphatic rings. The number of pyridine rings is 1. The summed E-state index contributed by atoms with van der Waals surface area (Å²) in [4.78, 5) is 11.4. The van der Waals surface area contributed by atoms with Crippen LogP contribution < -0.4 is 11.3 Å². The second-order valence-corrected chi connectivity index (χ2v) is 3.46. The van der Waals surface area contributed by atoms with Crippen LogP contribution in [0.4, 0.5) is 5.69 Å². The number of halogens is 1. The van der Waals surface area contributed by atoms with Gasteiger partial charge in [-0.15, -0.1) is 12.4 Å². The molecule has 0 saturated heterocycles. The fraction of sp³-hybridized carbons (Fsp3) is 0.444. The predicted molar refractivity (Wildman–Crippen MR) is 55.2 cm³/mol. The van der Waals surface area contributed by atoms with Crippen LogP contribution in [0, 0.1) is 5.92 Å². The molecule has 2 atom stereocenters. The molecule has 1 heterocycles. The maximum absolute atomic E-state index is 11.4. The quantitative estimate of drug-likeness (QED) is 0.746. The van der Waals surface area contributed by atoms with Gasteiger partial charge in [-0.05, 0) is 24.5 Å². The van der Waals surface area contributed by atoms with E-state index in [4.69, 9.17) is 5.73 Å². The summed E-state index contributed by atoms with van der Waals surface area (Å²) in [5.41, 5.74) is 5.79. The van der Waals surface area contributed by atoms with Crippen molar-refractivity contribution in [3.05, 3.63) is 28.7 Å². The van der Waals surface area contributed by atoms with Crippen molar-refractivity contribution in [2.75, 3.05) is 5.73 Å². The number of nitrogen functional groups attached to an aromatic ring is 1. The summed E-state index contributed by atoms with van der Waals surface area (Å²) in [6, 6.07) is 3.86. The van der Waals surface area contributed by atoms with Crippen LogP contribution in [-0.4, -0.2) is 4.57 Å². The summed E-state index contributed by atoms with van der Waals surface area (Å²) in [5, 5.41) is 0. The molecular formula is C9H13ClN2O. The zero-order chi connectivity index (χ0) is 8.72. The predicted octanol–water partition coefficient (Wildman–Crippen LogP) is 1.43. The third-order valence-corrected chi connectivity index (χ3v) is 2.43. The molecule has 0 spiro atoms. The van der Waals surface area contributed by atoms with Gasteiger partial charge in [-0.1, -0.05) is 6.92 Å². The van der Waals surface area contributed by atoms with Crippen LogP contribution in [0.2, 0.25) is 0 Å². The molecule has 0 radical (unpaired) electrons. The standard InChI is InChI=1S/C9H12N2O.ClH/c1-6-5-8(6)11-4-2-3-7(10)9(11)12;/h2-4,6,8H,5,10H2,1H3;1H/t6-,8-;/m1./s1. The van der Waals surface area contributed by atoms with Crippen LogP contribution in [-0.2, 0) is 0 Å². The van der Waals surface area contributed by atoms with Crippen molar-refractivity contribution in [3.8, 4) is 0 Å². The van der Waals surface area contributed by atoms with Crippen molar-refractivity contribution in [2.24, 2.45) is 5.92 Å². The van der Waals surface area contributed by atoms with Gasteiger partial charge in [0.25, 0.3) is 5.56 Å². The topological polar surface area (TPSA) is 48.0 Å². The molecule has 2 rings (SSSR count). The van der Waals surface area contributed by atoms with Crippen LogP contribution in [0.3, 0.4) is 0 Å². The summed E-state index contributed by atoms with van der Waals surface area (Å²) in [6.07, 6.45) is 2.91. The van der Waals surface area contributed by atoms with Gasteiger partial charge in [-0.3, -0.25) is 4.79 Å². The van der Waals surface area contributed by atoms with E-state index < -0.39 is 0 Å². The minimum absolute atomic E-state index is 0. The molecule has 3 nitrogen and oxygen atoms in total.